The normalized spacial score (nSPS) is 10.6. The van der Waals surface area contributed by atoms with Crippen LogP contribution in [0, 0.1) is 0 Å². The van der Waals surface area contributed by atoms with Crippen molar-refractivity contribution in [2.75, 3.05) is 6.61 Å². The van der Waals surface area contributed by atoms with Gasteiger partial charge in [0.2, 0.25) is 0 Å². The van der Waals surface area contributed by atoms with Gasteiger partial charge in [-0.05, 0) is 18.6 Å². The lowest BCUT2D eigenvalue weighted by molar-refractivity contribution is 0.276. The molecule has 2 aromatic rings. The standard InChI is InChI=1S/C11H12ClN3O/c12-10-4-2-9(3-5-10)11-8-13-14-15(11)6-1-7-16/h2-5,8,16H,1,6-7H2. The highest BCUT2D eigenvalue weighted by atomic mass is 35.5. The second-order valence-corrected chi connectivity index (χ2v) is 3.86. The van der Waals surface area contributed by atoms with Gasteiger partial charge in [-0.25, -0.2) is 4.68 Å². The topological polar surface area (TPSA) is 50.9 Å². The van der Waals surface area contributed by atoms with Gasteiger partial charge in [0.15, 0.2) is 0 Å². The molecule has 4 nitrogen and oxygen atoms in total. The molecule has 84 valence electrons. The molecule has 0 aliphatic rings. The van der Waals surface area contributed by atoms with Crippen molar-refractivity contribution in [3.05, 3.63) is 35.5 Å². The molecule has 0 atom stereocenters. The number of aryl methyl sites for hydroxylation is 1. The molecule has 0 spiro atoms. The maximum absolute atomic E-state index is 8.78. The van der Waals surface area contributed by atoms with E-state index in [9.17, 15) is 0 Å². The van der Waals surface area contributed by atoms with Crippen LogP contribution in [0.4, 0.5) is 0 Å². The summed E-state index contributed by atoms with van der Waals surface area (Å²) in [6, 6.07) is 7.52. The summed E-state index contributed by atoms with van der Waals surface area (Å²) in [5.41, 5.74) is 1.96. The van der Waals surface area contributed by atoms with E-state index in [-0.39, 0.29) is 6.61 Å². The molecule has 0 aliphatic heterocycles. The Bertz CT molecular complexity index is 453. The molecule has 1 aromatic heterocycles. The van der Waals surface area contributed by atoms with Crippen LogP contribution in [0.5, 0.6) is 0 Å². The zero-order chi connectivity index (χ0) is 11.4. The number of aliphatic hydroxyl groups is 1. The van der Waals surface area contributed by atoms with Crippen LogP contribution in [0.3, 0.4) is 0 Å². The quantitative estimate of drug-likeness (QED) is 0.885. The summed E-state index contributed by atoms with van der Waals surface area (Å²) in [4.78, 5) is 0. The van der Waals surface area contributed by atoms with E-state index in [0.29, 0.717) is 18.0 Å². The zero-order valence-corrected chi connectivity index (χ0v) is 9.43. The number of aliphatic hydroxyl groups excluding tert-OH is 1. The van der Waals surface area contributed by atoms with Gasteiger partial charge in [-0.2, -0.15) is 0 Å². The second kappa shape index (κ2) is 5.09. The molecule has 1 N–H and O–H groups in total. The van der Waals surface area contributed by atoms with Gasteiger partial charge in [0.05, 0.1) is 11.9 Å². The molecule has 0 aliphatic carbocycles. The van der Waals surface area contributed by atoms with Crippen LogP contribution >= 0.6 is 11.6 Å². The third-order valence-electron chi connectivity index (χ3n) is 2.29. The van der Waals surface area contributed by atoms with E-state index in [1.54, 1.807) is 10.9 Å². The van der Waals surface area contributed by atoms with Crippen LogP contribution in [0.2, 0.25) is 5.02 Å². The molecule has 0 saturated carbocycles. The number of aromatic nitrogens is 3. The van der Waals surface area contributed by atoms with Crippen LogP contribution in [-0.2, 0) is 6.54 Å². The number of halogens is 1. The number of nitrogens with zero attached hydrogens (tertiary/aromatic N) is 3. The Hall–Kier alpha value is -1.39. The highest BCUT2D eigenvalue weighted by Crippen LogP contribution is 2.20. The van der Waals surface area contributed by atoms with E-state index >= 15 is 0 Å². The SMILES string of the molecule is OCCCn1nncc1-c1ccc(Cl)cc1. The molecule has 0 bridgehead atoms. The van der Waals surface area contributed by atoms with Crippen molar-refractivity contribution in [1.82, 2.24) is 15.0 Å². The Labute approximate surface area is 98.5 Å². The molecule has 16 heavy (non-hydrogen) atoms. The minimum Gasteiger partial charge on any atom is -0.396 e. The van der Waals surface area contributed by atoms with Crippen LogP contribution in [0.15, 0.2) is 30.5 Å². The van der Waals surface area contributed by atoms with Gasteiger partial charge in [-0.3, -0.25) is 0 Å². The first kappa shape index (κ1) is 11.1. The first-order chi connectivity index (χ1) is 7.81. The van der Waals surface area contributed by atoms with Crippen molar-refractivity contribution in [2.45, 2.75) is 13.0 Å². The Kier molecular flexibility index (Phi) is 3.54. The van der Waals surface area contributed by atoms with E-state index in [2.05, 4.69) is 10.3 Å². The highest BCUT2D eigenvalue weighted by Gasteiger charge is 2.05. The monoisotopic (exact) mass is 237 g/mol. The minimum atomic E-state index is 0.153. The van der Waals surface area contributed by atoms with Crippen LogP contribution in [0.1, 0.15) is 6.42 Å². The number of rotatable bonds is 4. The molecule has 0 fully saturated rings. The Balaban J connectivity index is 2.26. The molecule has 0 unspecified atom stereocenters. The summed E-state index contributed by atoms with van der Waals surface area (Å²) in [5.74, 6) is 0. The summed E-state index contributed by atoms with van der Waals surface area (Å²) in [6.07, 6.45) is 2.38. The van der Waals surface area contributed by atoms with E-state index in [4.69, 9.17) is 16.7 Å². The van der Waals surface area contributed by atoms with Crippen molar-refractivity contribution < 1.29 is 5.11 Å². The van der Waals surface area contributed by atoms with Crippen molar-refractivity contribution in [3.63, 3.8) is 0 Å². The summed E-state index contributed by atoms with van der Waals surface area (Å²) in [5, 5.41) is 17.3. The Morgan fingerprint density at radius 2 is 2.00 bits per heavy atom. The molecule has 5 heteroatoms. The second-order valence-electron chi connectivity index (χ2n) is 3.43. The third-order valence-corrected chi connectivity index (χ3v) is 2.54. The molecule has 2 rings (SSSR count). The fourth-order valence-electron chi connectivity index (χ4n) is 1.49. The average Bonchev–Trinajstić information content (AvgIpc) is 2.75. The smallest absolute Gasteiger partial charge is 0.0885 e. The highest BCUT2D eigenvalue weighted by molar-refractivity contribution is 6.30. The van der Waals surface area contributed by atoms with Crippen LogP contribution < -0.4 is 0 Å². The maximum atomic E-state index is 8.78. The molecular weight excluding hydrogens is 226 g/mol. The largest absolute Gasteiger partial charge is 0.396 e. The van der Waals surface area contributed by atoms with Crippen molar-refractivity contribution in [3.8, 4) is 11.3 Å². The average molecular weight is 238 g/mol. The summed E-state index contributed by atoms with van der Waals surface area (Å²) in [7, 11) is 0. The van der Waals surface area contributed by atoms with E-state index < -0.39 is 0 Å². The summed E-state index contributed by atoms with van der Waals surface area (Å²) >= 11 is 5.83. The fraction of sp³-hybridized carbons (Fsp3) is 0.273. The Morgan fingerprint density at radius 3 is 2.69 bits per heavy atom. The van der Waals surface area contributed by atoms with E-state index in [0.717, 1.165) is 11.3 Å². The molecule has 0 amide bonds. The molecule has 1 aromatic carbocycles. The number of benzene rings is 1. The summed E-state index contributed by atoms with van der Waals surface area (Å²) in [6.45, 7) is 0.814. The lowest BCUT2D eigenvalue weighted by Crippen LogP contribution is -2.04. The van der Waals surface area contributed by atoms with Crippen molar-refractivity contribution in [2.24, 2.45) is 0 Å². The van der Waals surface area contributed by atoms with Crippen molar-refractivity contribution in [1.29, 1.82) is 0 Å². The molecule has 0 radical (unpaired) electrons. The van der Waals surface area contributed by atoms with Crippen LogP contribution in [0.25, 0.3) is 11.3 Å². The predicted molar refractivity (Wildman–Crippen MR) is 62.2 cm³/mol. The fourth-order valence-corrected chi connectivity index (χ4v) is 1.61. The molecule has 1 heterocycles. The first-order valence-electron chi connectivity index (χ1n) is 5.06. The first-order valence-corrected chi connectivity index (χ1v) is 5.44. The van der Waals surface area contributed by atoms with Gasteiger partial charge < -0.3 is 5.11 Å². The Morgan fingerprint density at radius 1 is 1.25 bits per heavy atom. The van der Waals surface area contributed by atoms with Crippen molar-refractivity contribution >= 4 is 11.6 Å². The lowest BCUT2D eigenvalue weighted by Gasteiger charge is -2.05. The van der Waals surface area contributed by atoms with E-state index in [1.165, 1.54) is 0 Å². The van der Waals surface area contributed by atoms with Gasteiger partial charge in [0.1, 0.15) is 0 Å². The van der Waals surface area contributed by atoms with Gasteiger partial charge in [0, 0.05) is 23.7 Å². The minimum absolute atomic E-state index is 0.153. The number of hydrogen-bond acceptors (Lipinski definition) is 3. The molecule has 0 saturated heterocycles. The zero-order valence-electron chi connectivity index (χ0n) is 8.67. The van der Waals surface area contributed by atoms with Gasteiger partial charge in [-0.15, -0.1) is 5.10 Å². The van der Waals surface area contributed by atoms with Gasteiger partial charge in [0.25, 0.3) is 0 Å². The summed E-state index contributed by atoms with van der Waals surface area (Å²) < 4.78 is 1.78. The maximum Gasteiger partial charge on any atom is 0.0885 e. The lowest BCUT2D eigenvalue weighted by atomic mass is 10.2. The van der Waals surface area contributed by atoms with Gasteiger partial charge >= 0.3 is 0 Å². The van der Waals surface area contributed by atoms with Crippen LogP contribution in [-0.4, -0.2) is 26.7 Å². The third kappa shape index (κ3) is 2.40. The number of hydrogen-bond donors (Lipinski definition) is 1. The van der Waals surface area contributed by atoms with Gasteiger partial charge in [-0.1, -0.05) is 28.9 Å². The predicted octanol–water partition coefficient (Wildman–Crippen LogP) is 1.98. The molecular formula is C11H12ClN3O. The van der Waals surface area contributed by atoms with E-state index in [1.807, 2.05) is 24.3 Å².